The van der Waals surface area contributed by atoms with Crippen molar-refractivity contribution < 1.29 is 0 Å². The van der Waals surface area contributed by atoms with Gasteiger partial charge in [-0.2, -0.15) is 5.26 Å². The van der Waals surface area contributed by atoms with E-state index in [1.807, 2.05) is 6.07 Å². The van der Waals surface area contributed by atoms with E-state index in [2.05, 4.69) is 24.4 Å². The van der Waals surface area contributed by atoms with Crippen LogP contribution in [0, 0.1) is 17.2 Å². The van der Waals surface area contributed by atoms with E-state index in [-0.39, 0.29) is 5.41 Å². The topological polar surface area (TPSA) is 23.8 Å². The maximum Gasteiger partial charge on any atom is 0.0919 e. The first-order valence-corrected chi connectivity index (χ1v) is 5.10. The Bertz CT molecular complexity index is 301. The zero-order valence-electron chi connectivity index (χ0n) is 7.08. The third-order valence-corrected chi connectivity index (χ3v) is 3.67. The van der Waals surface area contributed by atoms with Crippen molar-refractivity contribution in [3.8, 4) is 6.07 Å². The summed E-state index contributed by atoms with van der Waals surface area (Å²) in [6.07, 6.45) is 2.09. The van der Waals surface area contributed by atoms with Crippen LogP contribution < -0.4 is 0 Å². The van der Waals surface area contributed by atoms with Crippen LogP contribution in [0.4, 0.5) is 0 Å². The first-order valence-electron chi connectivity index (χ1n) is 4.22. The van der Waals surface area contributed by atoms with E-state index in [0.717, 1.165) is 18.8 Å². The molecular weight excluding hydrogens is 166 g/mol. The molecule has 62 valence electrons. The van der Waals surface area contributed by atoms with Crippen molar-refractivity contribution in [1.29, 1.82) is 5.26 Å². The number of nitrogens with zero attached hydrogens (tertiary/aromatic N) is 1. The molecule has 0 spiro atoms. The van der Waals surface area contributed by atoms with Gasteiger partial charge in [-0.25, -0.2) is 0 Å². The number of rotatable bonds is 1. The zero-order chi connectivity index (χ0) is 8.60. The second-order valence-electron chi connectivity index (χ2n) is 3.68. The Morgan fingerprint density at radius 2 is 2.42 bits per heavy atom. The van der Waals surface area contributed by atoms with E-state index in [0.29, 0.717) is 0 Å². The molecule has 0 N–H and O–H groups in total. The SMILES string of the molecule is CC1CC(C#N)(c2cccs2)C1. The average molecular weight is 177 g/mol. The summed E-state index contributed by atoms with van der Waals surface area (Å²) >= 11 is 1.71. The zero-order valence-corrected chi connectivity index (χ0v) is 7.90. The molecule has 1 nitrogen and oxygen atoms in total. The second kappa shape index (κ2) is 2.60. The standard InChI is InChI=1S/C10H11NS/c1-8-5-10(6-8,7-11)9-3-2-4-12-9/h2-4,8H,5-6H2,1H3. The van der Waals surface area contributed by atoms with Gasteiger partial charge in [0.25, 0.3) is 0 Å². The van der Waals surface area contributed by atoms with Gasteiger partial charge in [0.1, 0.15) is 0 Å². The molecule has 0 radical (unpaired) electrons. The Morgan fingerprint density at radius 3 is 2.83 bits per heavy atom. The van der Waals surface area contributed by atoms with E-state index in [9.17, 15) is 0 Å². The summed E-state index contributed by atoms with van der Waals surface area (Å²) in [7, 11) is 0. The molecule has 1 saturated carbocycles. The summed E-state index contributed by atoms with van der Waals surface area (Å²) in [5, 5.41) is 11.1. The lowest BCUT2D eigenvalue weighted by atomic mass is 9.63. The Balaban J connectivity index is 2.28. The fourth-order valence-electron chi connectivity index (χ4n) is 2.03. The highest BCUT2D eigenvalue weighted by Crippen LogP contribution is 2.48. The van der Waals surface area contributed by atoms with Gasteiger partial charge < -0.3 is 0 Å². The first kappa shape index (κ1) is 7.82. The molecule has 0 aromatic carbocycles. The molecule has 1 fully saturated rings. The van der Waals surface area contributed by atoms with Crippen molar-refractivity contribution in [3.63, 3.8) is 0 Å². The summed E-state index contributed by atoms with van der Waals surface area (Å²) in [5.41, 5.74) is -0.117. The van der Waals surface area contributed by atoms with Crippen LogP contribution in [0.5, 0.6) is 0 Å². The molecule has 2 heteroatoms. The lowest BCUT2D eigenvalue weighted by Gasteiger charge is -2.40. The molecule has 2 rings (SSSR count). The number of nitriles is 1. The van der Waals surface area contributed by atoms with Gasteiger partial charge in [-0.05, 0) is 30.2 Å². The summed E-state index contributed by atoms with van der Waals surface area (Å²) in [6.45, 7) is 2.21. The van der Waals surface area contributed by atoms with Crippen LogP contribution in [0.25, 0.3) is 0 Å². The number of hydrogen-bond donors (Lipinski definition) is 0. The molecule has 1 aliphatic carbocycles. The molecule has 0 atom stereocenters. The highest BCUT2D eigenvalue weighted by molar-refractivity contribution is 7.10. The molecule has 0 unspecified atom stereocenters. The molecule has 0 amide bonds. The predicted octanol–water partition coefficient (Wildman–Crippen LogP) is 2.94. The van der Waals surface area contributed by atoms with E-state index in [1.165, 1.54) is 4.88 Å². The van der Waals surface area contributed by atoms with Crippen molar-refractivity contribution in [3.05, 3.63) is 22.4 Å². The largest absolute Gasteiger partial charge is 0.197 e. The van der Waals surface area contributed by atoms with Crippen LogP contribution in [-0.2, 0) is 5.41 Å². The summed E-state index contributed by atoms with van der Waals surface area (Å²) < 4.78 is 0. The quantitative estimate of drug-likeness (QED) is 0.647. The van der Waals surface area contributed by atoms with Crippen molar-refractivity contribution >= 4 is 11.3 Å². The monoisotopic (exact) mass is 177 g/mol. The average Bonchev–Trinajstić information content (AvgIpc) is 2.50. The van der Waals surface area contributed by atoms with Crippen LogP contribution >= 0.6 is 11.3 Å². The lowest BCUT2D eigenvalue weighted by Crippen LogP contribution is -2.37. The molecule has 0 aliphatic heterocycles. The van der Waals surface area contributed by atoms with Gasteiger partial charge in [-0.15, -0.1) is 11.3 Å². The van der Waals surface area contributed by atoms with E-state index in [1.54, 1.807) is 11.3 Å². The van der Waals surface area contributed by atoms with Gasteiger partial charge in [-0.3, -0.25) is 0 Å². The smallest absolute Gasteiger partial charge is 0.0919 e. The Labute approximate surface area is 76.6 Å². The first-order chi connectivity index (χ1) is 5.77. The van der Waals surface area contributed by atoms with Crippen molar-refractivity contribution in [2.24, 2.45) is 5.92 Å². The summed E-state index contributed by atoms with van der Waals surface area (Å²) in [6, 6.07) is 6.57. The van der Waals surface area contributed by atoms with Crippen molar-refractivity contribution in [1.82, 2.24) is 0 Å². The molecule has 0 bridgehead atoms. The molecule has 1 aliphatic rings. The fraction of sp³-hybridized carbons (Fsp3) is 0.500. The Kier molecular flexibility index (Phi) is 1.69. The molecule has 1 aromatic rings. The van der Waals surface area contributed by atoms with Crippen LogP contribution in [0.15, 0.2) is 17.5 Å². The maximum atomic E-state index is 9.08. The summed E-state index contributed by atoms with van der Waals surface area (Å²) in [5.74, 6) is 0.728. The maximum absolute atomic E-state index is 9.08. The second-order valence-corrected chi connectivity index (χ2v) is 4.63. The molecule has 0 saturated heterocycles. The third-order valence-electron chi connectivity index (χ3n) is 2.60. The molecular formula is C10H11NS. The van der Waals surface area contributed by atoms with E-state index < -0.39 is 0 Å². The fourth-order valence-corrected chi connectivity index (χ4v) is 2.93. The van der Waals surface area contributed by atoms with Crippen LogP contribution in [0.3, 0.4) is 0 Å². The Hall–Kier alpha value is -0.810. The van der Waals surface area contributed by atoms with Crippen LogP contribution in [0.2, 0.25) is 0 Å². The van der Waals surface area contributed by atoms with Crippen molar-refractivity contribution in [2.45, 2.75) is 25.2 Å². The molecule has 12 heavy (non-hydrogen) atoms. The minimum atomic E-state index is -0.117. The van der Waals surface area contributed by atoms with Crippen molar-refractivity contribution in [2.75, 3.05) is 0 Å². The Morgan fingerprint density at radius 1 is 1.67 bits per heavy atom. The van der Waals surface area contributed by atoms with E-state index >= 15 is 0 Å². The van der Waals surface area contributed by atoms with Gasteiger partial charge in [0, 0.05) is 4.88 Å². The molecule has 1 heterocycles. The van der Waals surface area contributed by atoms with Crippen LogP contribution in [-0.4, -0.2) is 0 Å². The number of hydrogen-bond acceptors (Lipinski definition) is 2. The van der Waals surface area contributed by atoms with Gasteiger partial charge in [0.2, 0.25) is 0 Å². The summed E-state index contributed by atoms with van der Waals surface area (Å²) in [4.78, 5) is 1.25. The van der Waals surface area contributed by atoms with Gasteiger partial charge in [-0.1, -0.05) is 13.0 Å². The highest BCUT2D eigenvalue weighted by atomic mass is 32.1. The van der Waals surface area contributed by atoms with Gasteiger partial charge in [0.05, 0.1) is 11.5 Å². The number of thiophene rings is 1. The minimum absolute atomic E-state index is 0.117. The normalized spacial score (nSPS) is 33.8. The molecule has 1 aromatic heterocycles. The lowest BCUT2D eigenvalue weighted by molar-refractivity contribution is 0.221. The van der Waals surface area contributed by atoms with Gasteiger partial charge >= 0.3 is 0 Å². The minimum Gasteiger partial charge on any atom is -0.197 e. The highest BCUT2D eigenvalue weighted by Gasteiger charge is 2.44. The van der Waals surface area contributed by atoms with Crippen LogP contribution in [0.1, 0.15) is 24.6 Å². The predicted molar refractivity (Wildman–Crippen MR) is 50.0 cm³/mol. The van der Waals surface area contributed by atoms with E-state index in [4.69, 9.17) is 5.26 Å². The third kappa shape index (κ3) is 0.971. The van der Waals surface area contributed by atoms with Gasteiger partial charge in [0.15, 0.2) is 0 Å².